The highest BCUT2D eigenvalue weighted by Crippen LogP contribution is 2.28. The Morgan fingerprint density at radius 1 is 1.24 bits per heavy atom. The standard InChI is InChI=1S/C18H22F3N7O/c1-10(2)17(3,16(29)25-8-18(19,20)21)28-13-4-5-23-15(27-13)12-7-24-14-11(12)6-22-9-26-14/h4-7,9-10,16,25,29H,8H2,1-3H3,(H,22,24,26)(H,23,27,28)/t16?,17-/m1/s1. The minimum Gasteiger partial charge on any atom is -0.376 e. The fraction of sp³-hybridized carbons (Fsp3) is 0.444. The molecule has 0 spiro atoms. The Kier molecular flexibility index (Phi) is 5.71. The lowest BCUT2D eigenvalue weighted by atomic mass is 9.86. The van der Waals surface area contributed by atoms with E-state index in [-0.39, 0.29) is 5.92 Å². The molecule has 3 aromatic rings. The minimum absolute atomic E-state index is 0.224. The molecular weight excluding hydrogens is 387 g/mol. The number of rotatable bonds is 7. The van der Waals surface area contributed by atoms with Crippen LogP contribution in [0.25, 0.3) is 22.4 Å². The number of hydrogen-bond donors (Lipinski definition) is 4. The van der Waals surface area contributed by atoms with Crippen molar-refractivity contribution in [3.63, 3.8) is 0 Å². The number of hydrogen-bond acceptors (Lipinski definition) is 7. The highest BCUT2D eigenvalue weighted by molar-refractivity contribution is 5.90. The van der Waals surface area contributed by atoms with Crippen molar-refractivity contribution in [2.45, 2.75) is 38.7 Å². The Bertz CT molecular complexity index is 975. The SMILES string of the molecule is CC(C)[C@@](C)(Nc1ccnc(-c2c[nH]c3ncncc23)n1)C(O)NCC(F)(F)F. The van der Waals surface area contributed by atoms with E-state index < -0.39 is 24.5 Å². The van der Waals surface area contributed by atoms with Gasteiger partial charge >= 0.3 is 6.18 Å². The van der Waals surface area contributed by atoms with Gasteiger partial charge in [0.1, 0.15) is 24.0 Å². The van der Waals surface area contributed by atoms with Gasteiger partial charge in [0.2, 0.25) is 0 Å². The topological polar surface area (TPSA) is 112 Å². The van der Waals surface area contributed by atoms with E-state index >= 15 is 0 Å². The average molecular weight is 409 g/mol. The summed E-state index contributed by atoms with van der Waals surface area (Å²) in [7, 11) is 0. The molecule has 0 bridgehead atoms. The van der Waals surface area contributed by atoms with Gasteiger partial charge < -0.3 is 15.4 Å². The van der Waals surface area contributed by atoms with Crippen LogP contribution in [-0.4, -0.2) is 54.5 Å². The van der Waals surface area contributed by atoms with Gasteiger partial charge in [0.25, 0.3) is 0 Å². The third kappa shape index (κ3) is 4.62. The predicted octanol–water partition coefficient (Wildman–Crippen LogP) is 2.71. The fourth-order valence-electron chi connectivity index (χ4n) is 2.83. The first kappa shape index (κ1) is 20.9. The Morgan fingerprint density at radius 3 is 2.69 bits per heavy atom. The highest BCUT2D eigenvalue weighted by atomic mass is 19.4. The van der Waals surface area contributed by atoms with Gasteiger partial charge in [-0.05, 0) is 18.9 Å². The monoisotopic (exact) mass is 409 g/mol. The van der Waals surface area contributed by atoms with E-state index in [1.165, 1.54) is 12.5 Å². The smallest absolute Gasteiger partial charge is 0.376 e. The molecular formula is C18H22F3N7O. The van der Waals surface area contributed by atoms with E-state index in [2.05, 4.69) is 35.6 Å². The summed E-state index contributed by atoms with van der Waals surface area (Å²) in [6.45, 7) is 3.92. The van der Waals surface area contributed by atoms with Gasteiger partial charge in [0.05, 0.1) is 12.1 Å². The van der Waals surface area contributed by atoms with Crippen molar-refractivity contribution < 1.29 is 18.3 Å². The van der Waals surface area contributed by atoms with Crippen molar-refractivity contribution >= 4 is 16.9 Å². The number of halogens is 3. The number of aliphatic hydroxyl groups is 1. The summed E-state index contributed by atoms with van der Waals surface area (Å²) < 4.78 is 37.6. The Hall–Kier alpha value is -2.79. The second-order valence-electron chi connectivity index (χ2n) is 7.21. The number of aromatic nitrogens is 5. The van der Waals surface area contributed by atoms with Crippen molar-refractivity contribution in [2.75, 3.05) is 11.9 Å². The van der Waals surface area contributed by atoms with Crippen LogP contribution in [0, 0.1) is 5.92 Å². The van der Waals surface area contributed by atoms with Gasteiger partial charge in [0.15, 0.2) is 5.82 Å². The molecule has 156 valence electrons. The van der Waals surface area contributed by atoms with Crippen molar-refractivity contribution in [1.82, 2.24) is 30.2 Å². The maximum Gasteiger partial charge on any atom is 0.401 e. The molecule has 0 aromatic carbocycles. The van der Waals surface area contributed by atoms with Gasteiger partial charge in [-0.15, -0.1) is 0 Å². The minimum atomic E-state index is -4.43. The molecule has 0 aliphatic carbocycles. The summed E-state index contributed by atoms with van der Waals surface area (Å²) in [5, 5.41) is 16.4. The zero-order valence-corrected chi connectivity index (χ0v) is 16.1. The first-order valence-corrected chi connectivity index (χ1v) is 8.97. The molecule has 0 saturated carbocycles. The van der Waals surface area contributed by atoms with E-state index in [1.54, 1.807) is 39.2 Å². The van der Waals surface area contributed by atoms with Crippen molar-refractivity contribution in [3.05, 3.63) is 31.0 Å². The van der Waals surface area contributed by atoms with Crippen molar-refractivity contribution in [1.29, 1.82) is 0 Å². The highest BCUT2D eigenvalue weighted by Gasteiger charge is 2.39. The summed E-state index contributed by atoms with van der Waals surface area (Å²) in [6.07, 6.45) is 0.400. The van der Waals surface area contributed by atoms with E-state index in [9.17, 15) is 18.3 Å². The van der Waals surface area contributed by atoms with Gasteiger partial charge in [-0.25, -0.2) is 19.9 Å². The molecule has 3 rings (SSSR count). The summed E-state index contributed by atoms with van der Waals surface area (Å²) >= 11 is 0. The largest absolute Gasteiger partial charge is 0.401 e. The van der Waals surface area contributed by atoms with Crippen LogP contribution in [0.5, 0.6) is 0 Å². The molecule has 2 atom stereocenters. The molecule has 0 radical (unpaired) electrons. The molecule has 0 aliphatic rings. The van der Waals surface area contributed by atoms with Crippen LogP contribution in [-0.2, 0) is 0 Å². The van der Waals surface area contributed by atoms with Crippen molar-refractivity contribution in [2.24, 2.45) is 5.92 Å². The first-order valence-electron chi connectivity index (χ1n) is 8.97. The third-order valence-corrected chi connectivity index (χ3v) is 4.91. The lowest BCUT2D eigenvalue weighted by molar-refractivity contribution is -0.134. The molecule has 4 N–H and O–H groups in total. The van der Waals surface area contributed by atoms with Crippen LogP contribution in [0.1, 0.15) is 20.8 Å². The first-order chi connectivity index (χ1) is 13.6. The third-order valence-electron chi connectivity index (χ3n) is 4.91. The molecule has 0 amide bonds. The van der Waals surface area contributed by atoms with Gasteiger partial charge in [-0.1, -0.05) is 13.8 Å². The normalized spacial score (nSPS) is 15.4. The molecule has 0 aliphatic heterocycles. The fourth-order valence-corrected chi connectivity index (χ4v) is 2.83. The number of aromatic amines is 1. The van der Waals surface area contributed by atoms with E-state index in [0.29, 0.717) is 22.9 Å². The lowest BCUT2D eigenvalue weighted by Crippen LogP contribution is -2.58. The van der Waals surface area contributed by atoms with E-state index in [0.717, 1.165) is 5.39 Å². The van der Waals surface area contributed by atoms with Gasteiger partial charge in [0, 0.05) is 29.5 Å². The maximum atomic E-state index is 12.5. The zero-order valence-electron chi connectivity index (χ0n) is 16.1. The van der Waals surface area contributed by atoms with Crippen LogP contribution in [0.3, 0.4) is 0 Å². The Balaban J connectivity index is 1.87. The van der Waals surface area contributed by atoms with E-state index in [1.807, 2.05) is 0 Å². The van der Waals surface area contributed by atoms with Crippen LogP contribution in [0.4, 0.5) is 19.0 Å². The molecule has 3 aromatic heterocycles. The second kappa shape index (κ2) is 7.91. The number of anilines is 1. The summed E-state index contributed by atoms with van der Waals surface area (Å²) in [4.78, 5) is 19.9. The quantitative estimate of drug-likeness (QED) is 0.444. The van der Waals surface area contributed by atoms with Crippen LogP contribution < -0.4 is 10.6 Å². The van der Waals surface area contributed by atoms with Gasteiger partial charge in [-0.3, -0.25) is 5.32 Å². The number of nitrogens with one attached hydrogen (secondary N) is 3. The number of aliphatic hydroxyl groups excluding tert-OH is 1. The molecule has 1 unspecified atom stereocenters. The van der Waals surface area contributed by atoms with Crippen LogP contribution in [0.15, 0.2) is 31.0 Å². The molecule has 0 saturated heterocycles. The second-order valence-corrected chi connectivity index (χ2v) is 7.21. The van der Waals surface area contributed by atoms with E-state index in [4.69, 9.17) is 0 Å². The molecule has 8 nitrogen and oxygen atoms in total. The van der Waals surface area contributed by atoms with Crippen LogP contribution >= 0.6 is 0 Å². The molecule has 29 heavy (non-hydrogen) atoms. The molecule has 3 heterocycles. The van der Waals surface area contributed by atoms with Crippen molar-refractivity contribution in [3.8, 4) is 11.4 Å². The summed E-state index contributed by atoms with van der Waals surface area (Å²) in [5.74, 6) is 0.531. The number of fused-ring (bicyclic) bond motifs is 1. The predicted molar refractivity (Wildman–Crippen MR) is 102 cm³/mol. The Labute approximate surface area is 165 Å². The lowest BCUT2D eigenvalue weighted by Gasteiger charge is -2.40. The average Bonchev–Trinajstić information content (AvgIpc) is 3.09. The zero-order chi connectivity index (χ0) is 21.2. The molecule has 0 fully saturated rings. The van der Waals surface area contributed by atoms with Gasteiger partial charge in [-0.2, -0.15) is 13.2 Å². The summed E-state index contributed by atoms with van der Waals surface area (Å²) in [6, 6.07) is 1.59. The number of nitrogens with zero attached hydrogens (tertiary/aromatic N) is 4. The number of alkyl halides is 3. The molecule has 11 heteroatoms. The number of H-pyrrole nitrogens is 1. The summed E-state index contributed by atoms with van der Waals surface area (Å²) in [5.41, 5.74) is 0.196. The Morgan fingerprint density at radius 2 is 2.00 bits per heavy atom. The van der Waals surface area contributed by atoms with Crippen LogP contribution in [0.2, 0.25) is 0 Å². The maximum absolute atomic E-state index is 12.5.